The quantitative estimate of drug-likeness (QED) is 0.437. The smallest absolute Gasteiger partial charge is 0.320 e. The van der Waals surface area contributed by atoms with Crippen molar-refractivity contribution in [3.63, 3.8) is 0 Å². The van der Waals surface area contributed by atoms with Crippen LogP contribution >= 0.6 is 0 Å². The molecule has 3 rings (SSSR count). The van der Waals surface area contributed by atoms with Crippen molar-refractivity contribution in [2.75, 3.05) is 0 Å². The molecule has 0 amide bonds. The van der Waals surface area contributed by atoms with E-state index >= 15 is 0 Å². The van der Waals surface area contributed by atoms with E-state index in [1.54, 1.807) is 13.8 Å². The van der Waals surface area contributed by atoms with E-state index in [2.05, 4.69) is 4.74 Å². The van der Waals surface area contributed by atoms with Crippen molar-refractivity contribution in [3.8, 4) is 0 Å². The van der Waals surface area contributed by atoms with Crippen molar-refractivity contribution in [1.82, 2.24) is 0 Å². The fraction of sp³-hybridized carbons (Fsp3) is 0.800. The molecular formula is C10H12O5. The Balaban J connectivity index is 2.14. The zero-order valence-corrected chi connectivity index (χ0v) is 8.52. The Labute approximate surface area is 86.4 Å². The van der Waals surface area contributed by atoms with Crippen LogP contribution in [0.3, 0.4) is 0 Å². The van der Waals surface area contributed by atoms with Crippen LogP contribution in [0, 0.1) is 11.8 Å². The molecule has 0 aromatic heterocycles. The monoisotopic (exact) mass is 212 g/mol. The molecule has 3 fully saturated rings. The van der Waals surface area contributed by atoms with Gasteiger partial charge in [-0.15, -0.1) is 0 Å². The molecule has 3 saturated heterocycles. The number of hydrogen-bond donors (Lipinski definition) is 1. The summed E-state index contributed by atoms with van der Waals surface area (Å²) < 4.78 is 10.3. The first-order valence-electron chi connectivity index (χ1n) is 5.02. The van der Waals surface area contributed by atoms with Crippen molar-refractivity contribution < 1.29 is 24.2 Å². The Bertz CT molecular complexity index is 378. The third-order valence-corrected chi connectivity index (χ3v) is 4.03. The Kier molecular flexibility index (Phi) is 1.39. The van der Waals surface area contributed by atoms with Gasteiger partial charge in [-0.1, -0.05) is 0 Å². The molecule has 0 saturated carbocycles. The first kappa shape index (κ1) is 9.30. The van der Waals surface area contributed by atoms with Crippen molar-refractivity contribution in [2.45, 2.75) is 37.6 Å². The summed E-state index contributed by atoms with van der Waals surface area (Å²) in [5.74, 6) is -2.25. The van der Waals surface area contributed by atoms with Gasteiger partial charge >= 0.3 is 11.9 Å². The minimum Gasteiger partial charge on any atom is -0.393 e. The van der Waals surface area contributed by atoms with Crippen LogP contribution in [0.2, 0.25) is 0 Å². The number of esters is 2. The van der Waals surface area contributed by atoms with E-state index in [1.807, 2.05) is 0 Å². The largest absolute Gasteiger partial charge is 0.393 e. The molecule has 0 aromatic carbocycles. The molecule has 82 valence electrons. The summed E-state index contributed by atoms with van der Waals surface area (Å²) in [7, 11) is 0. The molecule has 2 bridgehead atoms. The second-order valence-electron chi connectivity index (χ2n) is 5.01. The second kappa shape index (κ2) is 2.25. The SMILES string of the molecule is C[C@]12O[C@@](C)(CC1O)C1C(=O)OC(=O)[C@H]12. The molecule has 0 aliphatic carbocycles. The predicted octanol–water partition coefficient (Wildman–Crippen LogP) is -0.386. The molecule has 3 aliphatic rings. The van der Waals surface area contributed by atoms with Gasteiger partial charge in [-0.2, -0.15) is 0 Å². The van der Waals surface area contributed by atoms with E-state index in [9.17, 15) is 14.7 Å². The Morgan fingerprint density at radius 1 is 1.27 bits per heavy atom. The third-order valence-electron chi connectivity index (χ3n) is 4.03. The van der Waals surface area contributed by atoms with E-state index in [0.29, 0.717) is 6.42 Å². The number of aliphatic hydroxyl groups excluding tert-OH is 1. The van der Waals surface area contributed by atoms with Crippen molar-refractivity contribution in [1.29, 1.82) is 0 Å². The van der Waals surface area contributed by atoms with Gasteiger partial charge in [0.05, 0.1) is 11.7 Å². The Hall–Kier alpha value is -0.940. The van der Waals surface area contributed by atoms with Crippen LogP contribution in [-0.4, -0.2) is 34.4 Å². The van der Waals surface area contributed by atoms with Crippen molar-refractivity contribution >= 4 is 11.9 Å². The molecule has 1 N–H and O–H groups in total. The maximum absolute atomic E-state index is 11.5. The van der Waals surface area contributed by atoms with Crippen LogP contribution in [0.5, 0.6) is 0 Å². The number of fused-ring (bicyclic) bond motifs is 5. The van der Waals surface area contributed by atoms with Gasteiger partial charge < -0.3 is 14.6 Å². The number of aliphatic hydroxyl groups is 1. The number of carbonyl (C=O) groups is 2. The lowest BCUT2D eigenvalue weighted by Crippen LogP contribution is -2.48. The Morgan fingerprint density at radius 3 is 2.53 bits per heavy atom. The number of cyclic esters (lactones) is 2. The van der Waals surface area contributed by atoms with Crippen LogP contribution < -0.4 is 0 Å². The van der Waals surface area contributed by atoms with Gasteiger partial charge in [0.25, 0.3) is 0 Å². The molecule has 0 spiro atoms. The molecule has 3 heterocycles. The van der Waals surface area contributed by atoms with E-state index < -0.39 is 41.1 Å². The third kappa shape index (κ3) is 0.823. The van der Waals surface area contributed by atoms with Gasteiger partial charge in [0.1, 0.15) is 17.4 Å². The van der Waals surface area contributed by atoms with Gasteiger partial charge in [-0.25, -0.2) is 0 Å². The minimum absolute atomic E-state index is 0.382. The molecule has 15 heavy (non-hydrogen) atoms. The highest BCUT2D eigenvalue weighted by Gasteiger charge is 2.75. The second-order valence-corrected chi connectivity index (χ2v) is 5.01. The van der Waals surface area contributed by atoms with Crippen molar-refractivity contribution in [2.24, 2.45) is 11.8 Å². The van der Waals surface area contributed by atoms with Gasteiger partial charge in [-0.05, 0) is 13.8 Å². The van der Waals surface area contributed by atoms with Gasteiger partial charge in [0.15, 0.2) is 0 Å². The molecule has 3 aliphatic heterocycles. The van der Waals surface area contributed by atoms with E-state index in [0.717, 1.165) is 0 Å². The van der Waals surface area contributed by atoms with Crippen LogP contribution in [0.25, 0.3) is 0 Å². The average Bonchev–Trinajstić information content (AvgIpc) is 2.58. The topological polar surface area (TPSA) is 72.8 Å². The number of ether oxygens (including phenoxy) is 2. The van der Waals surface area contributed by atoms with E-state index in [-0.39, 0.29) is 0 Å². The summed E-state index contributed by atoms with van der Waals surface area (Å²) in [6.45, 7) is 3.43. The number of carbonyl (C=O) groups excluding carboxylic acids is 2. The zero-order valence-electron chi connectivity index (χ0n) is 8.52. The molecule has 0 radical (unpaired) electrons. The van der Waals surface area contributed by atoms with Crippen LogP contribution in [0.1, 0.15) is 20.3 Å². The summed E-state index contributed by atoms with van der Waals surface area (Å²) in [6.07, 6.45) is -0.324. The molecule has 0 aromatic rings. The predicted molar refractivity (Wildman–Crippen MR) is 46.6 cm³/mol. The highest BCUT2D eigenvalue weighted by atomic mass is 16.6. The van der Waals surface area contributed by atoms with Gasteiger partial charge in [-0.3, -0.25) is 9.59 Å². The summed E-state index contributed by atoms with van der Waals surface area (Å²) >= 11 is 0. The first-order chi connectivity index (χ1) is 6.88. The lowest BCUT2D eigenvalue weighted by atomic mass is 9.67. The average molecular weight is 212 g/mol. The van der Waals surface area contributed by atoms with E-state index in [4.69, 9.17) is 4.74 Å². The summed E-state index contributed by atoms with van der Waals surface area (Å²) in [6, 6.07) is 0. The molecule has 5 atom stereocenters. The summed E-state index contributed by atoms with van der Waals surface area (Å²) in [5, 5.41) is 9.85. The highest BCUT2D eigenvalue weighted by molar-refractivity contribution is 5.99. The normalized spacial score (nSPS) is 57.1. The van der Waals surface area contributed by atoms with Crippen molar-refractivity contribution in [3.05, 3.63) is 0 Å². The molecule has 5 heteroatoms. The van der Waals surface area contributed by atoms with Gasteiger partial charge in [0, 0.05) is 6.42 Å². The molecule has 5 nitrogen and oxygen atoms in total. The maximum atomic E-state index is 11.5. The van der Waals surface area contributed by atoms with Gasteiger partial charge in [0.2, 0.25) is 0 Å². The molecular weight excluding hydrogens is 200 g/mol. The zero-order chi connectivity index (χ0) is 11.0. The molecule has 2 unspecified atom stereocenters. The maximum Gasteiger partial charge on any atom is 0.320 e. The lowest BCUT2D eigenvalue weighted by Gasteiger charge is -2.30. The fourth-order valence-corrected chi connectivity index (χ4v) is 3.32. The summed E-state index contributed by atoms with van der Waals surface area (Å²) in [4.78, 5) is 23.0. The van der Waals surface area contributed by atoms with Crippen LogP contribution in [0.4, 0.5) is 0 Å². The first-order valence-corrected chi connectivity index (χ1v) is 5.02. The minimum atomic E-state index is -0.956. The highest BCUT2D eigenvalue weighted by Crippen LogP contribution is 2.59. The number of rotatable bonds is 0. The standard InChI is InChI=1S/C10H12O5/c1-9-3-4(11)10(2,15-9)6-5(9)7(12)14-8(6)13/h4-6,11H,3H2,1-2H3/t4?,5?,6-,9-,10-/m0/s1. The van der Waals surface area contributed by atoms with E-state index in [1.165, 1.54) is 0 Å². The fourth-order valence-electron chi connectivity index (χ4n) is 3.32. The van der Waals surface area contributed by atoms with Crippen LogP contribution in [0.15, 0.2) is 0 Å². The van der Waals surface area contributed by atoms with Crippen LogP contribution in [-0.2, 0) is 19.1 Å². The summed E-state index contributed by atoms with van der Waals surface area (Å²) in [5.41, 5.74) is -1.70. The Morgan fingerprint density at radius 2 is 1.87 bits per heavy atom. The lowest BCUT2D eigenvalue weighted by molar-refractivity contribution is -0.162. The number of hydrogen-bond acceptors (Lipinski definition) is 5.